The first-order valence-electron chi connectivity index (χ1n) is 4.97. The van der Waals surface area contributed by atoms with Crippen molar-refractivity contribution in [3.05, 3.63) is 5.82 Å². The van der Waals surface area contributed by atoms with Gasteiger partial charge in [-0.25, -0.2) is 4.98 Å². The lowest BCUT2D eigenvalue weighted by molar-refractivity contribution is 0.851. The number of aryl methyl sites for hydroxylation is 1. The van der Waals surface area contributed by atoms with Crippen LogP contribution in [0.5, 0.6) is 0 Å². The lowest BCUT2D eigenvalue weighted by Gasteiger charge is -2.11. The monoisotopic (exact) mass is 197 g/mol. The molecule has 0 atom stereocenters. The summed E-state index contributed by atoms with van der Waals surface area (Å²) in [7, 11) is 0. The standard InChI is InChI=1S/C9H15N3S/c1-2-5-8-10-9(13-11-8)12-6-3-4-7-12/h2-7H2,1H3. The quantitative estimate of drug-likeness (QED) is 0.743. The highest BCUT2D eigenvalue weighted by Crippen LogP contribution is 2.22. The Hall–Kier alpha value is -0.640. The molecular weight excluding hydrogens is 182 g/mol. The molecule has 72 valence electrons. The van der Waals surface area contributed by atoms with Crippen molar-refractivity contribution in [1.29, 1.82) is 0 Å². The zero-order chi connectivity index (χ0) is 9.10. The number of rotatable bonds is 3. The Morgan fingerprint density at radius 2 is 2.15 bits per heavy atom. The molecule has 3 nitrogen and oxygen atoms in total. The van der Waals surface area contributed by atoms with Crippen molar-refractivity contribution in [3.8, 4) is 0 Å². The van der Waals surface area contributed by atoms with Crippen molar-refractivity contribution in [2.75, 3.05) is 18.0 Å². The first kappa shape index (κ1) is 8.94. The van der Waals surface area contributed by atoms with Crippen LogP contribution in [0.4, 0.5) is 5.13 Å². The molecule has 0 aromatic carbocycles. The zero-order valence-electron chi connectivity index (χ0n) is 7.99. The summed E-state index contributed by atoms with van der Waals surface area (Å²) in [4.78, 5) is 6.86. The Kier molecular flexibility index (Phi) is 2.78. The molecule has 1 fully saturated rings. The van der Waals surface area contributed by atoms with Crippen LogP contribution in [0, 0.1) is 0 Å². The van der Waals surface area contributed by atoms with Gasteiger partial charge in [0.2, 0.25) is 5.13 Å². The highest BCUT2D eigenvalue weighted by molar-refractivity contribution is 7.09. The fourth-order valence-electron chi connectivity index (χ4n) is 1.61. The molecule has 4 heteroatoms. The molecule has 1 aliphatic heterocycles. The summed E-state index contributed by atoms with van der Waals surface area (Å²) in [5.74, 6) is 1.02. The summed E-state index contributed by atoms with van der Waals surface area (Å²) in [5.41, 5.74) is 0. The highest BCUT2D eigenvalue weighted by atomic mass is 32.1. The third-order valence-electron chi connectivity index (χ3n) is 2.31. The van der Waals surface area contributed by atoms with E-state index in [0.717, 1.165) is 23.8 Å². The van der Waals surface area contributed by atoms with Crippen molar-refractivity contribution in [1.82, 2.24) is 9.36 Å². The average molecular weight is 197 g/mol. The van der Waals surface area contributed by atoms with Crippen molar-refractivity contribution >= 4 is 16.7 Å². The summed E-state index contributed by atoms with van der Waals surface area (Å²) in [5, 5.41) is 1.13. The van der Waals surface area contributed by atoms with Crippen LogP contribution in [0.1, 0.15) is 32.0 Å². The van der Waals surface area contributed by atoms with E-state index in [-0.39, 0.29) is 0 Å². The molecule has 1 aromatic heterocycles. The van der Waals surface area contributed by atoms with E-state index >= 15 is 0 Å². The minimum atomic E-state index is 1.02. The van der Waals surface area contributed by atoms with E-state index in [1.165, 1.54) is 25.9 Å². The van der Waals surface area contributed by atoms with Gasteiger partial charge in [-0.3, -0.25) is 0 Å². The molecule has 0 saturated carbocycles. The third kappa shape index (κ3) is 1.99. The second kappa shape index (κ2) is 4.05. The second-order valence-electron chi connectivity index (χ2n) is 3.44. The van der Waals surface area contributed by atoms with Gasteiger partial charge in [-0.1, -0.05) is 6.92 Å². The van der Waals surface area contributed by atoms with Crippen molar-refractivity contribution in [3.63, 3.8) is 0 Å². The van der Waals surface area contributed by atoms with Crippen LogP contribution in [-0.2, 0) is 6.42 Å². The van der Waals surface area contributed by atoms with E-state index in [0.29, 0.717) is 0 Å². The molecule has 0 spiro atoms. The van der Waals surface area contributed by atoms with Crippen molar-refractivity contribution in [2.24, 2.45) is 0 Å². The normalized spacial score (nSPS) is 16.8. The number of aromatic nitrogens is 2. The maximum atomic E-state index is 4.52. The van der Waals surface area contributed by atoms with Crippen LogP contribution >= 0.6 is 11.5 Å². The molecule has 2 heterocycles. The predicted octanol–water partition coefficient (Wildman–Crippen LogP) is 2.09. The summed E-state index contributed by atoms with van der Waals surface area (Å²) in [6.45, 7) is 4.50. The minimum absolute atomic E-state index is 1.02. The first-order chi connectivity index (χ1) is 6.40. The Morgan fingerprint density at radius 1 is 1.38 bits per heavy atom. The van der Waals surface area contributed by atoms with Gasteiger partial charge < -0.3 is 4.90 Å². The average Bonchev–Trinajstić information content (AvgIpc) is 2.70. The molecule has 0 bridgehead atoms. The summed E-state index contributed by atoms with van der Waals surface area (Å²) in [6, 6.07) is 0. The van der Waals surface area contributed by atoms with Gasteiger partial charge in [0, 0.05) is 31.0 Å². The number of nitrogens with zero attached hydrogens (tertiary/aromatic N) is 3. The van der Waals surface area contributed by atoms with E-state index in [1.54, 1.807) is 11.5 Å². The Bertz CT molecular complexity index is 266. The van der Waals surface area contributed by atoms with Crippen LogP contribution in [0.3, 0.4) is 0 Å². The Labute approximate surface area is 83.0 Å². The van der Waals surface area contributed by atoms with E-state index in [4.69, 9.17) is 0 Å². The van der Waals surface area contributed by atoms with Gasteiger partial charge in [0.15, 0.2) is 0 Å². The van der Waals surface area contributed by atoms with Crippen molar-refractivity contribution < 1.29 is 0 Å². The Balaban J connectivity index is 2.03. The molecule has 0 aliphatic carbocycles. The molecule has 1 saturated heterocycles. The van der Waals surface area contributed by atoms with E-state index in [1.807, 2.05) is 0 Å². The molecular formula is C9H15N3S. The van der Waals surface area contributed by atoms with E-state index < -0.39 is 0 Å². The maximum Gasteiger partial charge on any atom is 0.205 e. The van der Waals surface area contributed by atoms with Gasteiger partial charge in [-0.15, -0.1) is 0 Å². The molecule has 0 radical (unpaired) electrons. The number of hydrogen-bond acceptors (Lipinski definition) is 4. The van der Waals surface area contributed by atoms with Gasteiger partial charge in [-0.05, 0) is 19.3 Å². The second-order valence-corrected chi connectivity index (χ2v) is 4.17. The molecule has 0 unspecified atom stereocenters. The molecule has 2 rings (SSSR count). The van der Waals surface area contributed by atoms with E-state index in [9.17, 15) is 0 Å². The SMILES string of the molecule is CCCc1nsc(N2CCCC2)n1. The fourth-order valence-corrected chi connectivity index (χ4v) is 2.37. The lowest BCUT2D eigenvalue weighted by Crippen LogP contribution is -2.17. The van der Waals surface area contributed by atoms with Crippen LogP contribution in [-0.4, -0.2) is 22.4 Å². The highest BCUT2D eigenvalue weighted by Gasteiger charge is 2.15. The topological polar surface area (TPSA) is 29.0 Å². The molecule has 0 N–H and O–H groups in total. The van der Waals surface area contributed by atoms with E-state index in [2.05, 4.69) is 21.2 Å². The summed E-state index contributed by atoms with van der Waals surface area (Å²) < 4.78 is 4.34. The van der Waals surface area contributed by atoms with Crippen molar-refractivity contribution in [2.45, 2.75) is 32.6 Å². The van der Waals surface area contributed by atoms with Gasteiger partial charge in [-0.2, -0.15) is 4.37 Å². The lowest BCUT2D eigenvalue weighted by atomic mass is 10.3. The molecule has 0 amide bonds. The van der Waals surface area contributed by atoms with Gasteiger partial charge in [0.05, 0.1) is 0 Å². The minimum Gasteiger partial charge on any atom is -0.347 e. The van der Waals surface area contributed by atoms with Crippen LogP contribution in [0.2, 0.25) is 0 Å². The summed E-state index contributed by atoms with van der Waals surface area (Å²) in [6.07, 6.45) is 4.77. The largest absolute Gasteiger partial charge is 0.347 e. The molecule has 1 aromatic rings. The van der Waals surface area contributed by atoms with Gasteiger partial charge in [0.1, 0.15) is 5.82 Å². The van der Waals surface area contributed by atoms with Crippen LogP contribution in [0.15, 0.2) is 0 Å². The fraction of sp³-hybridized carbons (Fsp3) is 0.778. The number of hydrogen-bond donors (Lipinski definition) is 0. The van der Waals surface area contributed by atoms with Gasteiger partial charge >= 0.3 is 0 Å². The van der Waals surface area contributed by atoms with Crippen LogP contribution in [0.25, 0.3) is 0 Å². The zero-order valence-corrected chi connectivity index (χ0v) is 8.81. The third-order valence-corrected chi connectivity index (χ3v) is 3.12. The summed E-state index contributed by atoms with van der Waals surface area (Å²) >= 11 is 1.55. The smallest absolute Gasteiger partial charge is 0.205 e. The molecule has 13 heavy (non-hydrogen) atoms. The van der Waals surface area contributed by atoms with Crippen LogP contribution < -0.4 is 4.90 Å². The first-order valence-corrected chi connectivity index (χ1v) is 5.75. The predicted molar refractivity (Wildman–Crippen MR) is 55.4 cm³/mol. The molecule has 1 aliphatic rings. The maximum absolute atomic E-state index is 4.52. The number of anilines is 1. The Morgan fingerprint density at radius 3 is 2.85 bits per heavy atom. The van der Waals surface area contributed by atoms with Gasteiger partial charge in [0.25, 0.3) is 0 Å².